The molecule has 0 aliphatic heterocycles. The van der Waals surface area contributed by atoms with Gasteiger partial charge in [-0.3, -0.25) is 9.97 Å². The van der Waals surface area contributed by atoms with Crippen LogP contribution in [0.2, 0.25) is 0 Å². The summed E-state index contributed by atoms with van der Waals surface area (Å²) >= 11 is 0. The molecule has 658 valence electrons. The maximum absolute atomic E-state index is 4.42. The lowest BCUT2D eigenvalue weighted by molar-refractivity contribution is 1.13. The fourth-order valence-corrected chi connectivity index (χ4v) is 23.5. The number of nitrogens with zero attached hydrogens (tertiary/aromatic N) is 11. The van der Waals surface area contributed by atoms with E-state index >= 15 is 0 Å². The van der Waals surface area contributed by atoms with Crippen molar-refractivity contribution in [3.63, 3.8) is 0 Å². The molecule has 0 aliphatic carbocycles. The Morgan fingerprint density at radius 2 is 0.284 bits per heavy atom. The fraction of sp³-hybridized carbons (Fsp3) is 0. The average molecular weight is 1800 g/mol. The van der Waals surface area contributed by atoms with Crippen LogP contribution in [0.5, 0.6) is 0 Å². The van der Waals surface area contributed by atoms with E-state index in [4.69, 9.17) is 0 Å². The van der Waals surface area contributed by atoms with Crippen LogP contribution in [0.15, 0.2) is 504 Å². The van der Waals surface area contributed by atoms with E-state index in [9.17, 15) is 0 Å². The van der Waals surface area contributed by atoms with Crippen LogP contribution >= 0.6 is 0 Å². The number of aromatic nitrogens is 11. The van der Waals surface area contributed by atoms with Gasteiger partial charge in [-0.1, -0.05) is 267 Å². The second-order valence-corrected chi connectivity index (χ2v) is 36.7. The Morgan fingerprint density at radius 3 is 0.539 bits per heavy atom. The Kier molecular flexibility index (Phi) is 17.9. The highest BCUT2D eigenvalue weighted by Gasteiger charge is 2.27. The van der Waals surface area contributed by atoms with Gasteiger partial charge in [0.2, 0.25) is 0 Å². The maximum atomic E-state index is 4.42. The first-order valence-electron chi connectivity index (χ1n) is 48.2. The summed E-state index contributed by atoms with van der Waals surface area (Å²) in [6, 6.07) is 173. The zero-order valence-electron chi connectivity index (χ0n) is 76.3. The zero-order valence-corrected chi connectivity index (χ0v) is 76.3. The SMILES string of the molecule is c1ccc(-n2c3ccccc3c3c4c5ccccc5n(-c5ccc(-c6ccc(-n7c8ccccc8c8cnccc87)cc6)cc5)c4ccc32)cc1.c1ccc(-n2c3ccccc3c3c4c5ccccc5n(-c5ccc(-n6c7ccccc7c7cnccc76)cc5)c4ccc32)cc1.c1ccc(-n2c3ccccc3c3c4c5ccccc5n(-c5cccc(-n6c7ccccc7c7ccccc76)c5)c4ccc32)cc1. The Labute approximate surface area is 808 Å². The van der Waals surface area contributed by atoms with Crippen molar-refractivity contribution >= 4 is 196 Å². The summed E-state index contributed by atoms with van der Waals surface area (Å²) in [7, 11) is 0. The molecule has 11 heteroatoms. The molecular weight excluding hydrogens is 1720 g/mol. The predicted octanol–water partition coefficient (Wildman–Crippen LogP) is 33.4. The minimum Gasteiger partial charge on any atom is -0.309 e. The molecule has 11 nitrogen and oxygen atoms in total. The van der Waals surface area contributed by atoms with Gasteiger partial charge in [-0.25, -0.2) is 0 Å². The van der Waals surface area contributed by atoms with Crippen LogP contribution in [0.3, 0.4) is 0 Å². The van der Waals surface area contributed by atoms with Gasteiger partial charge in [0.1, 0.15) is 0 Å². The van der Waals surface area contributed by atoms with E-state index in [0.717, 1.165) is 45.2 Å². The molecule has 0 amide bonds. The molecule has 0 saturated heterocycles. The van der Waals surface area contributed by atoms with Crippen LogP contribution in [0.25, 0.3) is 259 Å². The quantitative estimate of drug-likeness (QED) is 0.137. The highest BCUT2D eigenvalue weighted by molar-refractivity contribution is 6.32. The van der Waals surface area contributed by atoms with Gasteiger partial charge >= 0.3 is 0 Å². The molecule has 0 unspecified atom stereocenters. The van der Waals surface area contributed by atoms with Crippen molar-refractivity contribution in [2.24, 2.45) is 0 Å². The lowest BCUT2D eigenvalue weighted by Gasteiger charge is -2.13. The number of benzene rings is 20. The first-order chi connectivity index (χ1) is 70.1. The Balaban J connectivity index is 0.000000102. The van der Waals surface area contributed by atoms with E-state index < -0.39 is 0 Å². The van der Waals surface area contributed by atoms with Crippen molar-refractivity contribution in [2.45, 2.75) is 0 Å². The van der Waals surface area contributed by atoms with Gasteiger partial charge in [0.25, 0.3) is 0 Å². The topological polar surface area (TPSA) is 70.2 Å². The third-order valence-corrected chi connectivity index (χ3v) is 29.3. The summed E-state index contributed by atoms with van der Waals surface area (Å²) < 4.78 is 21.5. The molecule has 0 bridgehead atoms. The molecule has 0 aliphatic rings. The van der Waals surface area contributed by atoms with Gasteiger partial charge in [-0.2, -0.15) is 0 Å². The van der Waals surface area contributed by atoms with Crippen molar-refractivity contribution in [2.75, 3.05) is 0 Å². The number of hydrogen-bond acceptors (Lipinski definition) is 2. The van der Waals surface area contributed by atoms with Crippen LogP contribution in [0.4, 0.5) is 0 Å². The molecule has 0 saturated carbocycles. The number of fused-ring (bicyclic) bond motifs is 30. The summed E-state index contributed by atoms with van der Waals surface area (Å²) in [5, 5.41) is 22.6. The molecule has 11 heterocycles. The highest BCUT2D eigenvalue weighted by atomic mass is 15.1. The van der Waals surface area contributed by atoms with Gasteiger partial charge in [0.15, 0.2) is 0 Å². The lowest BCUT2D eigenvalue weighted by Crippen LogP contribution is -1.98. The molecule has 0 radical (unpaired) electrons. The molecule has 0 atom stereocenters. The van der Waals surface area contributed by atoms with Crippen LogP contribution in [0, 0.1) is 0 Å². The molecule has 31 aromatic rings. The van der Waals surface area contributed by atoms with E-state index in [0.29, 0.717) is 0 Å². The van der Waals surface area contributed by atoms with Gasteiger partial charge in [0.05, 0.1) is 99.3 Å². The number of pyridine rings is 2. The summed E-state index contributed by atoms with van der Waals surface area (Å²) in [6.07, 6.45) is 7.68. The van der Waals surface area contributed by atoms with Crippen LogP contribution in [-0.2, 0) is 0 Å². The van der Waals surface area contributed by atoms with Crippen LogP contribution in [-0.4, -0.2) is 51.1 Å². The molecule has 141 heavy (non-hydrogen) atoms. The molecule has 11 aromatic heterocycles. The second-order valence-electron chi connectivity index (χ2n) is 36.7. The van der Waals surface area contributed by atoms with Gasteiger partial charge < -0.3 is 41.1 Å². The normalized spacial score (nSPS) is 12.0. The van der Waals surface area contributed by atoms with Gasteiger partial charge in [0, 0.05) is 173 Å². The summed E-state index contributed by atoms with van der Waals surface area (Å²) in [6.45, 7) is 0. The zero-order chi connectivity index (χ0) is 92.4. The highest BCUT2D eigenvalue weighted by Crippen LogP contribution is 2.49. The fourth-order valence-electron chi connectivity index (χ4n) is 23.5. The third kappa shape index (κ3) is 12.1. The molecule has 0 spiro atoms. The maximum Gasteiger partial charge on any atom is 0.0571 e. The van der Waals surface area contributed by atoms with E-state index in [2.05, 4.69) is 530 Å². The number of para-hydroxylation sites is 13. The van der Waals surface area contributed by atoms with Gasteiger partial charge in [-0.05, 0) is 223 Å². The van der Waals surface area contributed by atoms with Crippen molar-refractivity contribution in [1.82, 2.24) is 51.1 Å². The molecule has 20 aromatic carbocycles. The number of rotatable bonds is 10. The summed E-state index contributed by atoms with van der Waals surface area (Å²) in [5.41, 5.74) is 34.4. The minimum absolute atomic E-state index is 1.13. The van der Waals surface area contributed by atoms with E-state index in [1.54, 1.807) is 0 Å². The predicted molar refractivity (Wildman–Crippen MR) is 589 cm³/mol. The average Bonchev–Trinajstić information content (AvgIpc) is 1.55. The van der Waals surface area contributed by atoms with Gasteiger partial charge in [-0.15, -0.1) is 0 Å². The van der Waals surface area contributed by atoms with Crippen molar-refractivity contribution in [1.29, 1.82) is 0 Å². The second kappa shape index (κ2) is 31.8. The standard InChI is InChI=1S/C47H30N4.C42H27N3.C41H26N4/c1-2-10-33(11-3-1)50-41-16-8-5-13-37(41)46-44(50)26-27-45-47(46)38-14-6-9-17-42(38)51(45)35-24-20-32(21-25-35)31-18-22-34(23-19-31)49-40-15-7-4-12-36(40)39-30-48-29-28-43(39)49;1-2-13-28(14-3-1)43-37-23-10-6-19-33(37)41-39(43)25-26-40-42(41)34-20-7-11-24-38(34)45(40)30-16-12-15-29(27-30)44-35-21-8-4-17-31(35)32-18-5-9-22-36(32)44;1-2-10-27(11-3-1)44-35-16-8-5-13-31(35)40-38(44)22-23-39-41(40)32-14-6-9-17-36(32)45(39)29-20-18-28(19-21-29)43-34-15-7-4-12-30(34)33-26-42-25-24-37(33)43/h1-30H;1-27H;1-26H. The largest absolute Gasteiger partial charge is 0.309 e. The molecular formula is C130H83N11. The number of hydrogen-bond donors (Lipinski definition) is 0. The molecule has 31 rings (SSSR count). The van der Waals surface area contributed by atoms with Crippen molar-refractivity contribution < 1.29 is 0 Å². The van der Waals surface area contributed by atoms with Crippen molar-refractivity contribution in [3.8, 4) is 62.3 Å². The van der Waals surface area contributed by atoms with E-state index in [-0.39, 0.29) is 0 Å². The summed E-state index contributed by atoms with van der Waals surface area (Å²) in [5.74, 6) is 0. The monoisotopic (exact) mass is 1800 g/mol. The summed E-state index contributed by atoms with van der Waals surface area (Å²) in [4.78, 5) is 8.82. The first kappa shape index (κ1) is 79.3. The smallest absolute Gasteiger partial charge is 0.0571 e. The lowest BCUT2D eigenvalue weighted by atomic mass is 10.0. The molecule has 0 N–H and O–H groups in total. The minimum atomic E-state index is 1.13. The molecule has 0 fully saturated rings. The Hall–Kier alpha value is -19.1. The van der Waals surface area contributed by atoms with Crippen LogP contribution < -0.4 is 0 Å². The van der Waals surface area contributed by atoms with E-state index in [1.807, 2.05) is 24.8 Å². The third-order valence-electron chi connectivity index (χ3n) is 29.3. The Morgan fingerprint density at radius 1 is 0.113 bits per heavy atom. The van der Waals surface area contributed by atoms with Crippen molar-refractivity contribution in [3.05, 3.63) is 504 Å². The Bertz CT molecular complexity index is 10300. The first-order valence-corrected chi connectivity index (χ1v) is 48.2. The van der Waals surface area contributed by atoms with E-state index in [1.165, 1.54) is 213 Å². The van der Waals surface area contributed by atoms with Crippen LogP contribution in [0.1, 0.15) is 0 Å².